The van der Waals surface area contributed by atoms with Gasteiger partial charge in [0, 0.05) is 19.2 Å². The summed E-state index contributed by atoms with van der Waals surface area (Å²) in [6.07, 6.45) is 2.26. The number of hydrogen-bond acceptors (Lipinski definition) is 3. The van der Waals surface area contributed by atoms with Gasteiger partial charge in [0.05, 0.1) is 0 Å². The van der Waals surface area contributed by atoms with Crippen molar-refractivity contribution in [3.8, 4) is 0 Å². The molecule has 1 fully saturated rings. The molecule has 2 N–H and O–H groups in total. The van der Waals surface area contributed by atoms with Crippen molar-refractivity contribution in [2.75, 3.05) is 13.2 Å². The van der Waals surface area contributed by atoms with Crippen LogP contribution in [0.4, 0.5) is 0 Å². The van der Waals surface area contributed by atoms with Crippen LogP contribution >= 0.6 is 0 Å². The number of amides is 1. The summed E-state index contributed by atoms with van der Waals surface area (Å²) < 4.78 is 0. The van der Waals surface area contributed by atoms with E-state index in [1.165, 1.54) is 0 Å². The number of likely N-dealkylation sites (tertiary alicyclic amines) is 1. The van der Waals surface area contributed by atoms with E-state index in [2.05, 4.69) is 0 Å². The van der Waals surface area contributed by atoms with Crippen molar-refractivity contribution in [2.24, 2.45) is 11.3 Å². The Morgan fingerprint density at radius 2 is 2.00 bits per heavy atom. The second-order valence-electron chi connectivity index (χ2n) is 5.98. The molecule has 1 aliphatic rings. The molecule has 18 heavy (non-hydrogen) atoms. The van der Waals surface area contributed by atoms with E-state index in [0.29, 0.717) is 13.0 Å². The van der Waals surface area contributed by atoms with E-state index in [1.54, 1.807) is 25.7 Å². The minimum Gasteiger partial charge on any atom is -0.481 e. The van der Waals surface area contributed by atoms with Crippen LogP contribution < -0.4 is 0 Å². The third kappa shape index (κ3) is 3.22. The van der Waals surface area contributed by atoms with Crippen LogP contribution in [0.3, 0.4) is 0 Å². The van der Waals surface area contributed by atoms with E-state index < -0.39 is 17.3 Å². The van der Waals surface area contributed by atoms with Crippen LogP contribution in [0, 0.1) is 11.3 Å². The van der Waals surface area contributed by atoms with Gasteiger partial charge in [0.15, 0.2) is 0 Å². The van der Waals surface area contributed by atoms with Crippen LogP contribution in [-0.4, -0.2) is 46.2 Å². The number of carboxylic acid groups (broad SMARTS) is 1. The number of aliphatic hydroxyl groups is 1. The van der Waals surface area contributed by atoms with Crippen molar-refractivity contribution in [1.29, 1.82) is 0 Å². The van der Waals surface area contributed by atoms with Gasteiger partial charge in [0.25, 0.3) is 0 Å². The third-order valence-corrected chi connectivity index (χ3v) is 3.48. The summed E-state index contributed by atoms with van der Waals surface area (Å²) in [7, 11) is 0. The van der Waals surface area contributed by atoms with Gasteiger partial charge in [-0.05, 0) is 24.7 Å². The molecule has 0 aromatic carbocycles. The van der Waals surface area contributed by atoms with Gasteiger partial charge in [-0.25, -0.2) is 0 Å². The molecule has 5 heteroatoms. The Labute approximate surface area is 108 Å². The maximum Gasteiger partial charge on any atom is 0.316 e. The number of aliphatic carboxylic acids is 1. The second kappa shape index (κ2) is 5.69. The summed E-state index contributed by atoms with van der Waals surface area (Å²) in [5.74, 6) is -2.40. The maximum absolute atomic E-state index is 12.4. The number of rotatable bonds is 4. The minimum absolute atomic E-state index is 0.00769. The first-order chi connectivity index (χ1) is 8.29. The quantitative estimate of drug-likeness (QED) is 0.739. The monoisotopic (exact) mass is 257 g/mol. The molecule has 2 unspecified atom stereocenters. The Kier molecular flexibility index (Phi) is 4.73. The largest absolute Gasteiger partial charge is 0.481 e. The van der Waals surface area contributed by atoms with E-state index in [1.807, 2.05) is 0 Å². The van der Waals surface area contributed by atoms with Gasteiger partial charge >= 0.3 is 5.97 Å². The van der Waals surface area contributed by atoms with Crippen LogP contribution in [0.15, 0.2) is 0 Å². The Morgan fingerprint density at radius 1 is 1.39 bits per heavy atom. The third-order valence-electron chi connectivity index (χ3n) is 3.48. The lowest BCUT2D eigenvalue weighted by Crippen LogP contribution is -2.47. The second-order valence-corrected chi connectivity index (χ2v) is 5.98. The Morgan fingerprint density at radius 3 is 2.44 bits per heavy atom. The van der Waals surface area contributed by atoms with E-state index in [0.717, 1.165) is 12.8 Å². The zero-order valence-electron chi connectivity index (χ0n) is 11.3. The summed E-state index contributed by atoms with van der Waals surface area (Å²) in [6, 6.07) is -0.00769. The van der Waals surface area contributed by atoms with Gasteiger partial charge < -0.3 is 15.1 Å². The number of carboxylic acids is 1. The number of carbonyl (C=O) groups excluding carboxylic acids is 1. The molecule has 0 spiro atoms. The zero-order valence-corrected chi connectivity index (χ0v) is 11.3. The first kappa shape index (κ1) is 15.0. The molecule has 0 aliphatic carbocycles. The highest BCUT2D eigenvalue weighted by Crippen LogP contribution is 2.31. The lowest BCUT2D eigenvalue weighted by atomic mass is 9.79. The summed E-state index contributed by atoms with van der Waals surface area (Å²) in [4.78, 5) is 25.3. The van der Waals surface area contributed by atoms with E-state index in [-0.39, 0.29) is 18.6 Å². The van der Waals surface area contributed by atoms with Crippen molar-refractivity contribution >= 4 is 11.9 Å². The molecular weight excluding hydrogens is 234 g/mol. The number of nitrogens with zero attached hydrogens (tertiary/aromatic N) is 1. The Bertz CT molecular complexity index is 321. The highest BCUT2D eigenvalue weighted by molar-refractivity contribution is 5.98. The molecule has 104 valence electrons. The smallest absolute Gasteiger partial charge is 0.316 e. The molecule has 1 aliphatic heterocycles. The SMILES string of the molecule is CC(C)(C)C(C(=O)O)C(=O)N1CCCC1CCO. The van der Waals surface area contributed by atoms with Crippen molar-refractivity contribution in [1.82, 2.24) is 4.90 Å². The van der Waals surface area contributed by atoms with Gasteiger partial charge in [-0.3, -0.25) is 9.59 Å². The van der Waals surface area contributed by atoms with Crippen LogP contribution in [0.5, 0.6) is 0 Å². The molecule has 2 atom stereocenters. The van der Waals surface area contributed by atoms with Crippen molar-refractivity contribution in [3.63, 3.8) is 0 Å². The van der Waals surface area contributed by atoms with Crippen LogP contribution in [0.25, 0.3) is 0 Å². The van der Waals surface area contributed by atoms with Crippen LogP contribution in [0.1, 0.15) is 40.0 Å². The lowest BCUT2D eigenvalue weighted by molar-refractivity contribution is -0.156. The van der Waals surface area contributed by atoms with Crippen LogP contribution in [0.2, 0.25) is 0 Å². The van der Waals surface area contributed by atoms with Gasteiger partial charge in [0.2, 0.25) is 5.91 Å². The van der Waals surface area contributed by atoms with Crippen LogP contribution in [-0.2, 0) is 9.59 Å². The van der Waals surface area contributed by atoms with E-state index in [4.69, 9.17) is 5.11 Å². The summed E-state index contributed by atoms with van der Waals surface area (Å²) in [5.41, 5.74) is -0.602. The Balaban J connectivity index is 2.86. The number of carbonyl (C=O) groups is 2. The van der Waals surface area contributed by atoms with Crippen molar-refractivity contribution < 1.29 is 19.8 Å². The molecule has 0 aromatic rings. The minimum atomic E-state index is -1.07. The van der Waals surface area contributed by atoms with Gasteiger partial charge in [-0.15, -0.1) is 0 Å². The number of hydrogen-bond donors (Lipinski definition) is 2. The molecule has 1 amide bonds. The molecule has 0 aromatic heterocycles. The average molecular weight is 257 g/mol. The fourth-order valence-corrected chi connectivity index (χ4v) is 2.59. The van der Waals surface area contributed by atoms with Crippen molar-refractivity contribution in [3.05, 3.63) is 0 Å². The van der Waals surface area contributed by atoms with Gasteiger partial charge in [0.1, 0.15) is 5.92 Å². The fourth-order valence-electron chi connectivity index (χ4n) is 2.59. The first-order valence-corrected chi connectivity index (χ1v) is 6.43. The fraction of sp³-hybridized carbons (Fsp3) is 0.846. The zero-order chi connectivity index (χ0) is 13.9. The average Bonchev–Trinajstić information content (AvgIpc) is 2.63. The molecular formula is C13H23NO4. The predicted molar refractivity (Wildman–Crippen MR) is 67.0 cm³/mol. The van der Waals surface area contributed by atoms with E-state index >= 15 is 0 Å². The van der Waals surface area contributed by atoms with Crippen molar-refractivity contribution in [2.45, 2.75) is 46.1 Å². The highest BCUT2D eigenvalue weighted by atomic mass is 16.4. The highest BCUT2D eigenvalue weighted by Gasteiger charge is 2.42. The van der Waals surface area contributed by atoms with E-state index in [9.17, 15) is 14.7 Å². The van der Waals surface area contributed by atoms with Gasteiger partial charge in [-0.1, -0.05) is 20.8 Å². The predicted octanol–water partition coefficient (Wildman–Crippen LogP) is 1.11. The normalized spacial score (nSPS) is 22.0. The molecule has 0 saturated carbocycles. The molecule has 1 saturated heterocycles. The summed E-state index contributed by atoms with van der Waals surface area (Å²) in [6.45, 7) is 5.92. The molecule has 0 radical (unpaired) electrons. The molecule has 1 heterocycles. The molecule has 5 nitrogen and oxygen atoms in total. The Hall–Kier alpha value is -1.10. The summed E-state index contributed by atoms with van der Waals surface area (Å²) >= 11 is 0. The maximum atomic E-state index is 12.4. The van der Waals surface area contributed by atoms with Gasteiger partial charge in [-0.2, -0.15) is 0 Å². The first-order valence-electron chi connectivity index (χ1n) is 6.43. The standard InChI is InChI=1S/C13H23NO4/c1-13(2,3)10(12(17)18)11(16)14-7-4-5-9(14)6-8-15/h9-10,15H,4-8H2,1-3H3,(H,17,18). The lowest BCUT2D eigenvalue weighted by Gasteiger charge is -2.32. The molecule has 0 bridgehead atoms. The number of aliphatic hydroxyl groups excluding tert-OH is 1. The molecule has 1 rings (SSSR count). The summed E-state index contributed by atoms with van der Waals surface area (Å²) in [5, 5.41) is 18.2. The topological polar surface area (TPSA) is 77.8 Å².